The molecule has 0 rings (SSSR count). The van der Waals surface area contributed by atoms with Gasteiger partial charge in [-0.15, -0.1) is 0 Å². The molecule has 0 aromatic heterocycles. The van der Waals surface area contributed by atoms with Crippen molar-refractivity contribution in [2.24, 2.45) is 0 Å². The molecule has 0 heterocycles. The minimum Gasteiger partial charge on any atom is -0.373 e. The maximum Gasteiger partial charge on any atom is 0.418 e. The highest BCUT2D eigenvalue weighted by Gasteiger charge is 2.28. The Labute approximate surface area is 241 Å². The van der Waals surface area contributed by atoms with Crippen molar-refractivity contribution in [3.05, 3.63) is 12.2 Å². The van der Waals surface area contributed by atoms with Crippen LogP contribution in [-0.4, -0.2) is 148 Å². The van der Waals surface area contributed by atoms with Gasteiger partial charge in [0.15, 0.2) is 24.6 Å². The molecular weight excluding hydrogens is 558 g/mol. The molecule has 0 aromatic rings. The van der Waals surface area contributed by atoms with Crippen LogP contribution in [0, 0.1) is 0 Å². The molecule has 0 aliphatic heterocycles. The summed E-state index contributed by atoms with van der Waals surface area (Å²) in [5, 5.41) is 0. The Morgan fingerprint density at radius 3 is 1.18 bits per heavy atom. The lowest BCUT2D eigenvalue weighted by Crippen LogP contribution is -2.40. The van der Waals surface area contributed by atoms with E-state index in [0.717, 1.165) is 13.1 Å². The van der Waals surface area contributed by atoms with Crippen molar-refractivity contribution in [3.63, 3.8) is 0 Å². The Bertz CT molecular complexity index is 866. The number of ether oxygens (including phenoxy) is 2. The number of amides is 2. The predicted molar refractivity (Wildman–Crippen MR) is 156 cm³/mol. The first-order valence-corrected chi connectivity index (χ1v) is 16.7. The summed E-state index contributed by atoms with van der Waals surface area (Å²) < 4.78 is 35.6. The molecule has 0 aromatic carbocycles. The number of quaternary nitrogens is 2. The van der Waals surface area contributed by atoms with Gasteiger partial charge in [0, 0.05) is 24.2 Å². The highest BCUT2D eigenvalue weighted by molar-refractivity contribution is 7.44. The molecule has 0 saturated heterocycles. The van der Waals surface area contributed by atoms with Crippen molar-refractivity contribution in [1.82, 2.24) is 9.80 Å². The van der Waals surface area contributed by atoms with E-state index in [1.165, 1.54) is 9.80 Å². The zero-order valence-corrected chi connectivity index (χ0v) is 27.7. The number of hydrogen-bond donors (Lipinski definition) is 0. The average Bonchev–Trinajstić information content (AvgIpc) is 2.79. The van der Waals surface area contributed by atoms with E-state index in [4.69, 9.17) is 9.47 Å². The molecule has 0 aliphatic rings. The zero-order valence-electron chi connectivity index (χ0n) is 25.9. The second-order valence-electron chi connectivity index (χ2n) is 12.2. The van der Waals surface area contributed by atoms with Gasteiger partial charge in [0.2, 0.25) is 0 Å². The summed E-state index contributed by atoms with van der Waals surface area (Å²) >= 11 is 0. The first-order valence-electron chi connectivity index (χ1n) is 13.4. The second kappa shape index (κ2) is 17.5. The van der Waals surface area contributed by atoms with Gasteiger partial charge < -0.3 is 28.2 Å². The van der Waals surface area contributed by atoms with Gasteiger partial charge in [-0.05, 0) is 27.7 Å². The van der Waals surface area contributed by atoms with Crippen LogP contribution in [0.3, 0.4) is 0 Å². The molecule has 0 saturated carbocycles. The van der Waals surface area contributed by atoms with Gasteiger partial charge >= 0.3 is 39.7 Å². The summed E-state index contributed by atoms with van der Waals surface area (Å²) in [5.41, 5.74) is 0. The maximum atomic E-state index is 12.5. The summed E-state index contributed by atoms with van der Waals surface area (Å²) in [6.07, 6.45) is 1.15. The van der Waals surface area contributed by atoms with Crippen LogP contribution in [0.5, 0.6) is 0 Å². The molecule has 0 fully saturated rings. The van der Waals surface area contributed by atoms with Gasteiger partial charge in [0.05, 0.1) is 55.4 Å². The number of carbonyl (C=O) groups is 4. The lowest BCUT2D eigenvalue weighted by Gasteiger charge is -2.24. The minimum absolute atomic E-state index is 0.155. The van der Waals surface area contributed by atoms with E-state index in [9.17, 15) is 28.3 Å². The molecule has 0 bridgehead atoms. The summed E-state index contributed by atoms with van der Waals surface area (Å²) in [6, 6.07) is -0.614. The van der Waals surface area contributed by atoms with E-state index in [0.29, 0.717) is 33.4 Å². The van der Waals surface area contributed by atoms with E-state index in [2.05, 4.69) is 0 Å². The van der Waals surface area contributed by atoms with Crippen molar-refractivity contribution < 1.29 is 46.7 Å². The van der Waals surface area contributed by atoms with Crippen LogP contribution in [0.4, 0.5) is 9.59 Å². The monoisotopic (exact) mass is 608 g/mol. The summed E-state index contributed by atoms with van der Waals surface area (Å²) in [4.78, 5) is 51.8. The van der Waals surface area contributed by atoms with Gasteiger partial charge in [-0.2, -0.15) is 0 Å². The predicted octanol–water partition coefficient (Wildman–Crippen LogP) is 3.36. The summed E-state index contributed by atoms with van der Waals surface area (Å²) in [7, 11) is 8.99. The van der Waals surface area contributed by atoms with Crippen molar-refractivity contribution in [2.45, 2.75) is 39.8 Å². The lowest BCUT2D eigenvalue weighted by molar-refractivity contribution is -0.867. The first-order chi connectivity index (χ1) is 18.2. The Balaban J connectivity index is 4.86. The van der Waals surface area contributed by atoms with Crippen molar-refractivity contribution in [1.29, 1.82) is 0 Å². The van der Waals surface area contributed by atoms with E-state index >= 15 is 0 Å². The fraction of sp³-hybridized carbons (Fsp3) is 0.769. The lowest BCUT2D eigenvalue weighted by atomic mass is 10.3. The van der Waals surface area contributed by atoms with Crippen LogP contribution in [0.15, 0.2) is 12.2 Å². The zero-order chi connectivity index (χ0) is 31.3. The highest BCUT2D eigenvalue weighted by atomic mass is 31.1. The minimum atomic E-state index is -1.52. The van der Waals surface area contributed by atoms with Crippen LogP contribution in [0.2, 0.25) is 0 Å². The van der Waals surface area contributed by atoms with Gasteiger partial charge in [-0.3, -0.25) is 0 Å². The second-order valence-corrected chi connectivity index (χ2v) is 15.9. The number of esters is 2. The third-order valence-electron chi connectivity index (χ3n) is 5.67. The molecule has 2 unspecified atom stereocenters. The number of rotatable bonds is 16. The number of carbonyl (C=O) groups excluding carboxylic acids is 4. The van der Waals surface area contributed by atoms with Crippen LogP contribution in [-0.2, 0) is 28.2 Å². The molecule has 40 heavy (non-hydrogen) atoms. The molecule has 2 amide bonds. The van der Waals surface area contributed by atoms with E-state index in [1.807, 2.05) is 42.3 Å². The Morgan fingerprint density at radius 2 is 0.925 bits per heavy atom. The number of hydrogen-bond acceptors (Lipinski definition) is 8. The van der Waals surface area contributed by atoms with Gasteiger partial charge in [-0.25, -0.2) is 19.2 Å². The molecule has 12 nitrogen and oxygen atoms in total. The first kappa shape index (κ1) is 37.7. The average molecular weight is 609 g/mol. The Kier molecular flexibility index (Phi) is 16.5. The molecule has 14 heteroatoms. The molecule has 2 atom stereocenters. The molecule has 0 spiro atoms. The topological polar surface area (TPSA) is 127 Å². The van der Waals surface area contributed by atoms with Gasteiger partial charge in [0.1, 0.15) is 13.1 Å². The molecule has 0 N–H and O–H groups in total. The highest BCUT2D eigenvalue weighted by Crippen LogP contribution is 2.22. The van der Waals surface area contributed by atoms with Crippen molar-refractivity contribution >= 4 is 39.7 Å². The standard InChI is InChI=1S/C26H50N4O8P2/c1-21(2)27(13-17-39(35)19-15-29(5,6)7)25(33)37-23(31)11-12-24(32)38-26(34)28(22(3)4)14-18-40(36)20-16-30(8,9)10/h11-12,21-22H,13-20H2,1-10H3/q+4/b12-11+. The van der Waals surface area contributed by atoms with Crippen LogP contribution < -0.4 is 0 Å². The van der Waals surface area contributed by atoms with Crippen LogP contribution in [0.25, 0.3) is 0 Å². The van der Waals surface area contributed by atoms with E-state index in [1.54, 1.807) is 27.7 Å². The Hall–Kier alpha value is -2.26. The normalized spacial score (nSPS) is 12.9. The number of nitrogens with zero attached hydrogens (tertiary/aromatic N) is 4. The quantitative estimate of drug-likeness (QED) is 0.0859. The summed E-state index contributed by atoms with van der Waals surface area (Å²) in [6.45, 7) is 8.73. The van der Waals surface area contributed by atoms with Crippen molar-refractivity contribution in [3.8, 4) is 0 Å². The molecule has 228 valence electrons. The van der Waals surface area contributed by atoms with Crippen LogP contribution in [0.1, 0.15) is 27.7 Å². The largest absolute Gasteiger partial charge is 0.418 e. The fourth-order valence-corrected chi connectivity index (χ4v) is 6.07. The SMILES string of the molecule is CC(C)N(CC[P+](=O)CC[N+](C)(C)C)C(=O)OC(=O)/C=C/C(=O)OC(=O)N(CC[P+](=O)CC[N+](C)(C)C)C(C)C. The van der Waals surface area contributed by atoms with Crippen LogP contribution >= 0.6 is 15.6 Å². The maximum absolute atomic E-state index is 12.5. The molecular formula is C26H50N4O8P2+4. The Morgan fingerprint density at radius 1 is 0.625 bits per heavy atom. The molecule has 0 radical (unpaired) electrons. The fourth-order valence-electron chi connectivity index (χ4n) is 3.10. The molecule has 0 aliphatic carbocycles. The van der Waals surface area contributed by atoms with E-state index < -0.39 is 39.7 Å². The summed E-state index contributed by atoms with van der Waals surface area (Å²) in [5.74, 6) is -2.21. The third kappa shape index (κ3) is 18.2. The smallest absolute Gasteiger partial charge is 0.373 e. The van der Waals surface area contributed by atoms with Gasteiger partial charge in [0.25, 0.3) is 0 Å². The third-order valence-corrected chi connectivity index (χ3v) is 8.46. The van der Waals surface area contributed by atoms with E-state index in [-0.39, 0.29) is 37.5 Å². The van der Waals surface area contributed by atoms with Crippen molar-refractivity contribution in [2.75, 3.05) is 93.1 Å². The van der Waals surface area contributed by atoms with Gasteiger partial charge in [-0.1, -0.05) is 9.13 Å².